The van der Waals surface area contributed by atoms with Crippen LogP contribution in [0.2, 0.25) is 0 Å². The Morgan fingerprint density at radius 3 is 2.38 bits per heavy atom. The normalized spacial score (nSPS) is 17.3. The summed E-state index contributed by atoms with van der Waals surface area (Å²) in [5.74, 6) is 1.90. The molecule has 0 atom stereocenters. The number of β-amino-alcohol motifs (C(OH)–C–C–N with tert-alkyl or cyclic N) is 1. The number of hydrogen-bond acceptors (Lipinski definition) is 5. The fourth-order valence-corrected chi connectivity index (χ4v) is 2.75. The van der Waals surface area contributed by atoms with Crippen LogP contribution < -0.4 is 4.90 Å². The molecule has 0 amide bonds. The van der Waals surface area contributed by atoms with Crippen molar-refractivity contribution in [2.45, 2.75) is 34.1 Å². The van der Waals surface area contributed by atoms with E-state index in [0.29, 0.717) is 0 Å². The van der Waals surface area contributed by atoms with E-state index in [0.717, 1.165) is 56.5 Å². The van der Waals surface area contributed by atoms with Crippen LogP contribution in [0.25, 0.3) is 0 Å². The quantitative estimate of drug-likeness (QED) is 0.911. The minimum Gasteiger partial charge on any atom is -0.395 e. The van der Waals surface area contributed by atoms with Gasteiger partial charge < -0.3 is 10.0 Å². The first kappa shape index (κ1) is 16.2. The standard InChI is InChI=1S/C16H28N4O/c1-13-17-14(12-16(2,3)4)11-15(18-13)20-7-5-19(6-8-20)9-10-21/h11,21H,5-10,12H2,1-4H3. The molecule has 0 spiro atoms. The first-order chi connectivity index (χ1) is 9.87. The zero-order valence-corrected chi connectivity index (χ0v) is 13.8. The number of aromatic nitrogens is 2. The van der Waals surface area contributed by atoms with Gasteiger partial charge in [-0.05, 0) is 18.8 Å². The van der Waals surface area contributed by atoms with Crippen LogP contribution in [0.3, 0.4) is 0 Å². The van der Waals surface area contributed by atoms with Crippen molar-refractivity contribution in [1.82, 2.24) is 14.9 Å². The molecule has 1 fully saturated rings. The van der Waals surface area contributed by atoms with Gasteiger partial charge in [-0.3, -0.25) is 4.90 Å². The molecule has 1 saturated heterocycles. The van der Waals surface area contributed by atoms with Gasteiger partial charge >= 0.3 is 0 Å². The van der Waals surface area contributed by atoms with E-state index in [2.05, 4.69) is 46.6 Å². The molecule has 118 valence electrons. The van der Waals surface area contributed by atoms with Crippen LogP contribution >= 0.6 is 0 Å². The van der Waals surface area contributed by atoms with Gasteiger partial charge in [0.15, 0.2) is 0 Å². The molecule has 1 aliphatic heterocycles. The van der Waals surface area contributed by atoms with E-state index >= 15 is 0 Å². The van der Waals surface area contributed by atoms with Crippen LogP contribution in [0.1, 0.15) is 32.3 Å². The molecule has 0 saturated carbocycles. The van der Waals surface area contributed by atoms with Gasteiger partial charge in [0, 0.05) is 44.5 Å². The molecule has 1 aliphatic rings. The molecule has 0 aliphatic carbocycles. The zero-order valence-electron chi connectivity index (χ0n) is 13.8. The van der Waals surface area contributed by atoms with E-state index in [4.69, 9.17) is 5.11 Å². The molecule has 2 heterocycles. The molecular weight excluding hydrogens is 264 g/mol. The second-order valence-electron chi connectivity index (χ2n) is 7.05. The fourth-order valence-electron chi connectivity index (χ4n) is 2.75. The summed E-state index contributed by atoms with van der Waals surface area (Å²) in [4.78, 5) is 13.8. The number of rotatable bonds is 4. The van der Waals surface area contributed by atoms with Crippen LogP contribution in [0.4, 0.5) is 5.82 Å². The number of aliphatic hydroxyl groups is 1. The Labute approximate surface area is 128 Å². The summed E-state index contributed by atoms with van der Waals surface area (Å²) < 4.78 is 0. The van der Waals surface area contributed by atoms with Crippen molar-refractivity contribution in [1.29, 1.82) is 0 Å². The second kappa shape index (κ2) is 6.71. The Balaban J connectivity index is 2.06. The maximum absolute atomic E-state index is 9.01. The molecule has 5 heteroatoms. The number of nitrogens with zero attached hydrogens (tertiary/aromatic N) is 4. The van der Waals surface area contributed by atoms with Gasteiger partial charge in [0.25, 0.3) is 0 Å². The summed E-state index contributed by atoms with van der Waals surface area (Å²) in [5, 5.41) is 9.01. The number of anilines is 1. The molecule has 21 heavy (non-hydrogen) atoms. The van der Waals surface area contributed by atoms with Crippen molar-refractivity contribution in [3.8, 4) is 0 Å². The maximum Gasteiger partial charge on any atom is 0.132 e. The van der Waals surface area contributed by atoms with Crippen LogP contribution in [-0.4, -0.2) is 59.3 Å². The van der Waals surface area contributed by atoms with E-state index in [-0.39, 0.29) is 12.0 Å². The molecule has 2 rings (SSSR count). The lowest BCUT2D eigenvalue weighted by Gasteiger charge is -2.35. The summed E-state index contributed by atoms with van der Waals surface area (Å²) in [6.07, 6.45) is 0.966. The molecule has 1 N–H and O–H groups in total. The average molecular weight is 292 g/mol. The van der Waals surface area contributed by atoms with Crippen molar-refractivity contribution >= 4 is 5.82 Å². The van der Waals surface area contributed by atoms with Gasteiger partial charge in [-0.2, -0.15) is 0 Å². The van der Waals surface area contributed by atoms with Crippen LogP contribution in [-0.2, 0) is 6.42 Å². The summed E-state index contributed by atoms with van der Waals surface area (Å²) in [6, 6.07) is 2.14. The van der Waals surface area contributed by atoms with Crippen molar-refractivity contribution in [3.05, 3.63) is 17.6 Å². The first-order valence-corrected chi connectivity index (χ1v) is 7.80. The van der Waals surface area contributed by atoms with Crippen LogP contribution in [0.15, 0.2) is 6.07 Å². The Morgan fingerprint density at radius 1 is 1.14 bits per heavy atom. The maximum atomic E-state index is 9.01. The Morgan fingerprint density at radius 2 is 1.81 bits per heavy atom. The Hall–Kier alpha value is -1.20. The lowest BCUT2D eigenvalue weighted by molar-refractivity contribution is 0.188. The summed E-state index contributed by atoms with van der Waals surface area (Å²) in [7, 11) is 0. The van der Waals surface area contributed by atoms with Gasteiger partial charge in [0.05, 0.1) is 6.61 Å². The van der Waals surface area contributed by atoms with Crippen molar-refractivity contribution < 1.29 is 5.11 Å². The number of aryl methyl sites for hydroxylation is 1. The van der Waals surface area contributed by atoms with Gasteiger partial charge in [-0.15, -0.1) is 0 Å². The smallest absolute Gasteiger partial charge is 0.132 e. The van der Waals surface area contributed by atoms with Gasteiger partial charge in [-0.1, -0.05) is 20.8 Å². The minimum atomic E-state index is 0.234. The predicted molar refractivity (Wildman–Crippen MR) is 85.7 cm³/mol. The molecule has 1 aromatic heterocycles. The van der Waals surface area contributed by atoms with E-state index in [1.54, 1.807) is 0 Å². The second-order valence-corrected chi connectivity index (χ2v) is 7.05. The topological polar surface area (TPSA) is 52.5 Å². The third kappa shape index (κ3) is 4.93. The lowest BCUT2D eigenvalue weighted by Crippen LogP contribution is -2.47. The molecular formula is C16H28N4O. The van der Waals surface area contributed by atoms with E-state index in [1.807, 2.05) is 6.92 Å². The van der Waals surface area contributed by atoms with E-state index in [1.165, 1.54) is 0 Å². The fraction of sp³-hybridized carbons (Fsp3) is 0.750. The molecule has 5 nitrogen and oxygen atoms in total. The first-order valence-electron chi connectivity index (χ1n) is 7.80. The SMILES string of the molecule is Cc1nc(CC(C)(C)C)cc(N2CCN(CCO)CC2)n1. The third-order valence-corrected chi connectivity index (χ3v) is 3.70. The molecule has 0 aromatic carbocycles. The summed E-state index contributed by atoms with van der Waals surface area (Å²) in [6.45, 7) is 13.6. The van der Waals surface area contributed by atoms with Crippen LogP contribution in [0.5, 0.6) is 0 Å². The highest BCUT2D eigenvalue weighted by Crippen LogP contribution is 2.22. The molecule has 0 radical (unpaired) electrons. The number of aliphatic hydroxyl groups excluding tert-OH is 1. The van der Waals surface area contributed by atoms with Crippen molar-refractivity contribution in [3.63, 3.8) is 0 Å². The minimum absolute atomic E-state index is 0.234. The average Bonchev–Trinajstić information content (AvgIpc) is 2.37. The van der Waals surface area contributed by atoms with Gasteiger partial charge in [-0.25, -0.2) is 9.97 Å². The monoisotopic (exact) mass is 292 g/mol. The zero-order chi connectivity index (χ0) is 15.5. The highest BCUT2D eigenvalue weighted by Gasteiger charge is 2.19. The predicted octanol–water partition coefficient (Wildman–Crippen LogP) is 1.49. The largest absolute Gasteiger partial charge is 0.395 e. The number of piperazine rings is 1. The van der Waals surface area contributed by atoms with Gasteiger partial charge in [0.1, 0.15) is 11.6 Å². The van der Waals surface area contributed by atoms with Crippen molar-refractivity contribution in [2.24, 2.45) is 5.41 Å². The van der Waals surface area contributed by atoms with E-state index < -0.39 is 0 Å². The van der Waals surface area contributed by atoms with Crippen LogP contribution in [0, 0.1) is 12.3 Å². The summed E-state index contributed by atoms with van der Waals surface area (Å²) >= 11 is 0. The molecule has 0 bridgehead atoms. The lowest BCUT2D eigenvalue weighted by atomic mass is 9.90. The Bertz CT molecular complexity index is 462. The molecule has 0 unspecified atom stereocenters. The third-order valence-electron chi connectivity index (χ3n) is 3.70. The Kier molecular flexibility index (Phi) is 5.17. The highest BCUT2D eigenvalue weighted by atomic mass is 16.3. The highest BCUT2D eigenvalue weighted by molar-refractivity contribution is 5.40. The number of hydrogen-bond donors (Lipinski definition) is 1. The van der Waals surface area contributed by atoms with Crippen molar-refractivity contribution in [2.75, 3.05) is 44.2 Å². The van der Waals surface area contributed by atoms with E-state index in [9.17, 15) is 0 Å². The summed E-state index contributed by atoms with van der Waals surface area (Å²) in [5.41, 5.74) is 1.36. The van der Waals surface area contributed by atoms with Gasteiger partial charge in [0.2, 0.25) is 0 Å². The molecule has 1 aromatic rings.